The van der Waals surface area contributed by atoms with E-state index < -0.39 is 0 Å². The van der Waals surface area contributed by atoms with E-state index in [1.807, 2.05) is 12.1 Å². The van der Waals surface area contributed by atoms with Crippen molar-refractivity contribution in [2.24, 2.45) is 0 Å². The van der Waals surface area contributed by atoms with E-state index in [4.69, 9.17) is 4.74 Å². The van der Waals surface area contributed by atoms with E-state index in [-0.39, 0.29) is 5.41 Å². The third kappa shape index (κ3) is 1.39. The maximum absolute atomic E-state index is 9.33. The maximum atomic E-state index is 9.33. The van der Waals surface area contributed by atoms with Gasteiger partial charge in [-0.15, -0.1) is 0 Å². The van der Waals surface area contributed by atoms with Crippen LogP contribution in [-0.4, -0.2) is 7.11 Å². The van der Waals surface area contributed by atoms with Crippen molar-refractivity contribution in [3.63, 3.8) is 0 Å². The minimum atomic E-state index is -0.281. The summed E-state index contributed by atoms with van der Waals surface area (Å²) in [6.45, 7) is 2.05. The topological polar surface area (TPSA) is 33.0 Å². The van der Waals surface area contributed by atoms with Gasteiger partial charge in [-0.05, 0) is 37.8 Å². The van der Waals surface area contributed by atoms with Crippen LogP contribution in [0.25, 0.3) is 0 Å². The SMILES string of the molecule is COc1cccc(C)c1C1(C#N)CCC1. The van der Waals surface area contributed by atoms with Crippen LogP contribution in [0.3, 0.4) is 0 Å². The fraction of sp³-hybridized carbons (Fsp3) is 0.462. The Morgan fingerprint density at radius 1 is 1.40 bits per heavy atom. The summed E-state index contributed by atoms with van der Waals surface area (Å²) in [6, 6.07) is 8.44. The van der Waals surface area contributed by atoms with Gasteiger partial charge in [-0.1, -0.05) is 12.1 Å². The summed E-state index contributed by atoms with van der Waals surface area (Å²) in [7, 11) is 1.67. The molecule has 1 saturated carbocycles. The molecule has 2 rings (SSSR count). The lowest BCUT2D eigenvalue weighted by atomic mass is 9.64. The number of aryl methyl sites for hydroxylation is 1. The second-order valence-corrected chi connectivity index (χ2v) is 4.20. The summed E-state index contributed by atoms with van der Waals surface area (Å²) in [5.74, 6) is 0.858. The summed E-state index contributed by atoms with van der Waals surface area (Å²) in [6.07, 6.45) is 3.07. The second kappa shape index (κ2) is 3.58. The van der Waals surface area contributed by atoms with E-state index in [2.05, 4.69) is 19.1 Å². The van der Waals surface area contributed by atoms with Crippen LogP contribution in [0.5, 0.6) is 5.75 Å². The molecule has 1 aliphatic rings. The molecule has 0 amide bonds. The Morgan fingerprint density at radius 3 is 2.60 bits per heavy atom. The molecule has 0 atom stereocenters. The Labute approximate surface area is 90.5 Å². The number of nitrogens with zero attached hydrogens (tertiary/aromatic N) is 1. The van der Waals surface area contributed by atoms with Crippen LogP contribution in [0.15, 0.2) is 18.2 Å². The molecule has 0 heterocycles. The van der Waals surface area contributed by atoms with Crippen LogP contribution in [-0.2, 0) is 5.41 Å². The van der Waals surface area contributed by atoms with Crippen LogP contribution in [0, 0.1) is 18.3 Å². The Hall–Kier alpha value is -1.49. The largest absolute Gasteiger partial charge is 0.496 e. The highest BCUT2D eigenvalue weighted by molar-refractivity contribution is 5.50. The predicted molar refractivity (Wildman–Crippen MR) is 58.9 cm³/mol. The van der Waals surface area contributed by atoms with Crippen molar-refractivity contribution in [3.05, 3.63) is 29.3 Å². The third-order valence-electron chi connectivity index (χ3n) is 3.35. The quantitative estimate of drug-likeness (QED) is 0.737. The lowest BCUT2D eigenvalue weighted by Crippen LogP contribution is -2.33. The van der Waals surface area contributed by atoms with E-state index in [0.717, 1.165) is 36.1 Å². The fourth-order valence-electron chi connectivity index (χ4n) is 2.37. The zero-order chi connectivity index (χ0) is 10.9. The molecule has 78 valence electrons. The average Bonchev–Trinajstić information content (AvgIpc) is 2.19. The van der Waals surface area contributed by atoms with Crippen molar-refractivity contribution in [2.45, 2.75) is 31.6 Å². The first kappa shape index (κ1) is 10.0. The Kier molecular flexibility index (Phi) is 2.40. The second-order valence-electron chi connectivity index (χ2n) is 4.20. The molecule has 0 bridgehead atoms. The number of nitriles is 1. The number of methoxy groups -OCH3 is 1. The normalized spacial score (nSPS) is 17.7. The molecule has 0 N–H and O–H groups in total. The molecule has 0 unspecified atom stereocenters. The van der Waals surface area contributed by atoms with Crippen molar-refractivity contribution < 1.29 is 4.74 Å². The monoisotopic (exact) mass is 201 g/mol. The zero-order valence-corrected chi connectivity index (χ0v) is 9.21. The van der Waals surface area contributed by atoms with Gasteiger partial charge in [-0.2, -0.15) is 5.26 Å². The van der Waals surface area contributed by atoms with E-state index >= 15 is 0 Å². The lowest BCUT2D eigenvalue weighted by molar-refractivity contribution is 0.305. The lowest BCUT2D eigenvalue weighted by Gasteiger charge is -2.37. The van der Waals surface area contributed by atoms with Gasteiger partial charge in [-0.3, -0.25) is 0 Å². The Bertz CT molecular complexity index is 413. The van der Waals surface area contributed by atoms with Gasteiger partial charge in [0.2, 0.25) is 0 Å². The predicted octanol–water partition coefficient (Wildman–Crippen LogP) is 2.95. The van der Waals surface area contributed by atoms with Gasteiger partial charge in [0.15, 0.2) is 0 Å². The van der Waals surface area contributed by atoms with Gasteiger partial charge in [0.05, 0.1) is 18.6 Å². The highest BCUT2D eigenvalue weighted by Gasteiger charge is 2.42. The first-order valence-corrected chi connectivity index (χ1v) is 5.29. The van der Waals surface area contributed by atoms with Gasteiger partial charge >= 0.3 is 0 Å². The van der Waals surface area contributed by atoms with Crippen LogP contribution in [0.1, 0.15) is 30.4 Å². The smallest absolute Gasteiger partial charge is 0.123 e. The maximum Gasteiger partial charge on any atom is 0.123 e. The van der Waals surface area contributed by atoms with Crippen molar-refractivity contribution in [1.29, 1.82) is 5.26 Å². The van der Waals surface area contributed by atoms with Crippen molar-refractivity contribution in [3.8, 4) is 11.8 Å². The molecule has 2 nitrogen and oxygen atoms in total. The number of benzene rings is 1. The molecule has 1 fully saturated rings. The van der Waals surface area contributed by atoms with Gasteiger partial charge in [-0.25, -0.2) is 0 Å². The van der Waals surface area contributed by atoms with Crippen LogP contribution < -0.4 is 4.74 Å². The van der Waals surface area contributed by atoms with Crippen LogP contribution in [0.4, 0.5) is 0 Å². The number of hydrogen-bond acceptors (Lipinski definition) is 2. The Morgan fingerprint density at radius 2 is 2.13 bits per heavy atom. The first-order chi connectivity index (χ1) is 7.23. The van der Waals surface area contributed by atoms with Crippen LogP contribution in [0.2, 0.25) is 0 Å². The first-order valence-electron chi connectivity index (χ1n) is 5.29. The molecule has 0 spiro atoms. The summed E-state index contributed by atoms with van der Waals surface area (Å²) in [5, 5.41) is 9.33. The summed E-state index contributed by atoms with van der Waals surface area (Å²) >= 11 is 0. The van der Waals surface area contributed by atoms with Gasteiger partial charge in [0, 0.05) is 5.56 Å². The summed E-state index contributed by atoms with van der Waals surface area (Å²) in [5.41, 5.74) is 1.98. The molecule has 1 aliphatic carbocycles. The molecule has 1 aromatic carbocycles. The molecule has 0 radical (unpaired) electrons. The van der Waals surface area contributed by atoms with Crippen LogP contribution >= 0.6 is 0 Å². The highest BCUT2D eigenvalue weighted by Crippen LogP contribution is 2.47. The Balaban J connectivity index is 2.56. The van der Waals surface area contributed by atoms with Gasteiger partial charge < -0.3 is 4.74 Å². The summed E-state index contributed by atoms with van der Waals surface area (Å²) < 4.78 is 5.36. The van der Waals surface area contributed by atoms with Crippen molar-refractivity contribution in [2.75, 3.05) is 7.11 Å². The molecule has 2 heteroatoms. The van der Waals surface area contributed by atoms with Gasteiger partial charge in [0.1, 0.15) is 5.75 Å². The zero-order valence-electron chi connectivity index (χ0n) is 9.21. The molecular formula is C13H15NO. The summed E-state index contributed by atoms with van der Waals surface area (Å²) in [4.78, 5) is 0. The molecule has 0 aromatic heterocycles. The van der Waals surface area contributed by atoms with E-state index in [0.29, 0.717) is 0 Å². The fourth-order valence-corrected chi connectivity index (χ4v) is 2.37. The van der Waals surface area contributed by atoms with E-state index in [9.17, 15) is 5.26 Å². The van der Waals surface area contributed by atoms with Crippen molar-refractivity contribution in [1.82, 2.24) is 0 Å². The van der Waals surface area contributed by atoms with Crippen molar-refractivity contribution >= 4 is 0 Å². The third-order valence-corrected chi connectivity index (χ3v) is 3.35. The molecule has 0 saturated heterocycles. The minimum Gasteiger partial charge on any atom is -0.496 e. The minimum absolute atomic E-state index is 0.281. The standard InChI is InChI=1S/C13H15NO/c1-10-5-3-6-11(15-2)12(10)13(9-14)7-4-8-13/h3,5-6H,4,7-8H2,1-2H3. The molecule has 15 heavy (non-hydrogen) atoms. The highest BCUT2D eigenvalue weighted by atomic mass is 16.5. The molecule has 1 aromatic rings. The number of rotatable bonds is 2. The molecular weight excluding hydrogens is 186 g/mol. The average molecular weight is 201 g/mol. The number of hydrogen-bond donors (Lipinski definition) is 0. The molecule has 0 aliphatic heterocycles. The number of ether oxygens (including phenoxy) is 1. The van der Waals surface area contributed by atoms with E-state index in [1.165, 1.54) is 0 Å². The van der Waals surface area contributed by atoms with Gasteiger partial charge in [0.25, 0.3) is 0 Å². The van der Waals surface area contributed by atoms with E-state index in [1.54, 1.807) is 7.11 Å².